The highest BCUT2D eigenvalue weighted by atomic mass is 32.2. The Balaban J connectivity index is 1.46. The van der Waals surface area contributed by atoms with Crippen molar-refractivity contribution in [2.24, 2.45) is 7.05 Å². The van der Waals surface area contributed by atoms with Gasteiger partial charge in [0.25, 0.3) is 11.8 Å². The van der Waals surface area contributed by atoms with Crippen molar-refractivity contribution in [3.8, 4) is 0 Å². The van der Waals surface area contributed by atoms with E-state index in [0.29, 0.717) is 16.3 Å². The Kier molecular flexibility index (Phi) is 5.71. The molecule has 2 aliphatic rings. The molecule has 2 aromatic rings. The molecule has 3 N–H and O–H groups in total. The molecular formula is C18H18N6O6S. The molecule has 1 aromatic carbocycles. The minimum atomic E-state index is -1.46. The van der Waals surface area contributed by atoms with Crippen molar-refractivity contribution >= 4 is 29.5 Å². The van der Waals surface area contributed by atoms with Crippen LogP contribution in [0.25, 0.3) is 0 Å². The number of thioether (sulfide) groups is 1. The molecule has 0 saturated carbocycles. The Morgan fingerprint density at radius 2 is 2.10 bits per heavy atom. The highest BCUT2D eigenvalue weighted by Crippen LogP contribution is 2.34. The fraction of sp³-hybridized carbons (Fsp3) is 0.333. The lowest BCUT2D eigenvalue weighted by Crippen LogP contribution is -2.73. The lowest BCUT2D eigenvalue weighted by Gasteiger charge is -2.49. The molecule has 2 amide bonds. The summed E-state index contributed by atoms with van der Waals surface area (Å²) >= 11 is 1.21. The molecule has 0 bridgehead atoms. The summed E-state index contributed by atoms with van der Waals surface area (Å²) in [7, 11) is 1.65. The fourth-order valence-corrected chi connectivity index (χ4v) is 4.15. The maximum Gasteiger partial charge on any atom is 0.352 e. The number of aliphatic carboxylic acids is 1. The number of benzene rings is 1. The van der Waals surface area contributed by atoms with E-state index in [1.165, 1.54) is 16.4 Å². The highest BCUT2D eigenvalue weighted by Gasteiger charge is 2.55. The number of amides is 2. The predicted octanol–water partition coefficient (Wildman–Crippen LogP) is -0.942. The van der Waals surface area contributed by atoms with Gasteiger partial charge in [0.05, 0.1) is 6.61 Å². The molecule has 1 fully saturated rings. The van der Waals surface area contributed by atoms with Gasteiger partial charge in [0.15, 0.2) is 18.4 Å². The van der Waals surface area contributed by atoms with Crippen LogP contribution in [0.5, 0.6) is 0 Å². The zero-order valence-electron chi connectivity index (χ0n) is 16.2. The maximum absolute atomic E-state index is 12.6. The van der Waals surface area contributed by atoms with Gasteiger partial charge in [0, 0.05) is 12.8 Å². The van der Waals surface area contributed by atoms with Gasteiger partial charge in [-0.3, -0.25) is 14.5 Å². The maximum atomic E-state index is 12.6. The number of β-lactam (4-membered cyclic amide) rings is 1. The smallest absolute Gasteiger partial charge is 0.352 e. The van der Waals surface area contributed by atoms with E-state index < -0.39 is 36.2 Å². The molecule has 0 radical (unpaired) electrons. The number of aryl methyl sites for hydroxylation is 1. The second-order valence-corrected chi connectivity index (χ2v) is 7.78. The summed E-state index contributed by atoms with van der Waals surface area (Å²) < 4.78 is 7.10. The normalized spacial score (nSPS) is 21.4. The van der Waals surface area contributed by atoms with E-state index in [-0.39, 0.29) is 18.1 Å². The van der Waals surface area contributed by atoms with Crippen molar-refractivity contribution < 1.29 is 29.3 Å². The molecule has 0 aliphatic carbocycles. The van der Waals surface area contributed by atoms with Crippen LogP contribution in [0.2, 0.25) is 0 Å². The number of nitrogens with zero attached hydrogens (tertiary/aromatic N) is 5. The van der Waals surface area contributed by atoms with Crippen molar-refractivity contribution in [1.29, 1.82) is 0 Å². The molecular weight excluding hydrogens is 428 g/mol. The molecule has 1 saturated heterocycles. The Morgan fingerprint density at radius 3 is 2.74 bits per heavy atom. The van der Waals surface area contributed by atoms with E-state index in [2.05, 4.69) is 20.8 Å². The first-order valence-electron chi connectivity index (χ1n) is 9.17. The van der Waals surface area contributed by atoms with Crippen LogP contribution < -0.4 is 5.32 Å². The van der Waals surface area contributed by atoms with Gasteiger partial charge in [-0.1, -0.05) is 42.1 Å². The van der Waals surface area contributed by atoms with Crippen molar-refractivity contribution in [2.45, 2.75) is 23.5 Å². The third-order valence-corrected chi connectivity index (χ3v) is 5.96. The molecule has 12 nitrogen and oxygen atoms in total. The lowest BCUT2D eigenvalue weighted by atomic mass is 9.98. The monoisotopic (exact) mass is 446 g/mol. The number of fused-ring (bicyclic) bond motifs is 1. The number of aliphatic hydroxyl groups is 1. The van der Waals surface area contributed by atoms with Gasteiger partial charge in [-0.15, -0.1) is 5.10 Å². The summed E-state index contributed by atoms with van der Waals surface area (Å²) in [5.74, 6) is -2.47. The number of tetrazole rings is 1. The Bertz CT molecular complexity index is 1060. The number of hydrogen-bond acceptors (Lipinski definition) is 9. The molecule has 4 rings (SSSR count). The van der Waals surface area contributed by atoms with Crippen LogP contribution >= 0.6 is 11.8 Å². The van der Waals surface area contributed by atoms with E-state index in [1.807, 2.05) is 0 Å². The number of aliphatic hydroxyl groups excluding tert-OH is 1. The number of rotatable bonds is 7. The summed E-state index contributed by atoms with van der Waals surface area (Å²) in [5, 5.41) is 33.8. The van der Waals surface area contributed by atoms with Gasteiger partial charge in [0.1, 0.15) is 5.70 Å². The topological polar surface area (TPSA) is 160 Å². The largest absolute Gasteiger partial charge is 0.477 e. The van der Waals surface area contributed by atoms with Crippen LogP contribution in [0.15, 0.2) is 46.8 Å². The van der Waals surface area contributed by atoms with Crippen LogP contribution in [-0.2, 0) is 26.2 Å². The molecule has 0 unspecified atom stereocenters. The first-order chi connectivity index (χ1) is 14.9. The average Bonchev–Trinajstić information content (AvgIpc) is 3.19. The average molecular weight is 446 g/mol. The SMILES string of the molecule is Cn1nnnc1SCC1=C(C(=O)O)N2C(=O)[C@@H](NC(=O)[C@H](O)c3ccccc3)[C@H]2OC1. The van der Waals surface area contributed by atoms with Crippen molar-refractivity contribution in [1.82, 2.24) is 30.4 Å². The van der Waals surface area contributed by atoms with Crippen LogP contribution in [0.4, 0.5) is 0 Å². The van der Waals surface area contributed by atoms with Gasteiger partial charge >= 0.3 is 5.97 Å². The number of aromatic nitrogens is 4. The third-order valence-electron chi connectivity index (χ3n) is 4.87. The molecule has 3 heterocycles. The van der Waals surface area contributed by atoms with Gasteiger partial charge in [-0.2, -0.15) is 0 Å². The zero-order chi connectivity index (χ0) is 22.1. The van der Waals surface area contributed by atoms with Gasteiger partial charge < -0.3 is 20.3 Å². The van der Waals surface area contributed by atoms with E-state index in [9.17, 15) is 24.6 Å². The number of hydrogen-bond donors (Lipinski definition) is 3. The number of nitrogens with one attached hydrogen (secondary N) is 1. The minimum Gasteiger partial charge on any atom is -0.477 e. The summed E-state index contributed by atoms with van der Waals surface area (Å²) in [6, 6.07) is 7.17. The second kappa shape index (κ2) is 8.45. The fourth-order valence-electron chi connectivity index (χ4n) is 3.31. The van der Waals surface area contributed by atoms with Crippen LogP contribution in [0.1, 0.15) is 11.7 Å². The Hall–Kier alpha value is -3.29. The number of ether oxygens (including phenoxy) is 1. The van der Waals surface area contributed by atoms with Gasteiger partial charge in [-0.05, 0) is 21.6 Å². The second-order valence-electron chi connectivity index (χ2n) is 6.84. The first kappa shape index (κ1) is 21.0. The van der Waals surface area contributed by atoms with Crippen LogP contribution in [0, 0.1) is 0 Å². The van der Waals surface area contributed by atoms with E-state index in [0.717, 1.165) is 4.90 Å². The van der Waals surface area contributed by atoms with E-state index >= 15 is 0 Å². The Morgan fingerprint density at radius 1 is 1.35 bits per heavy atom. The minimum absolute atomic E-state index is 0.0397. The molecule has 13 heteroatoms. The van der Waals surface area contributed by atoms with Crippen molar-refractivity contribution in [3.05, 3.63) is 47.2 Å². The number of carbonyl (C=O) groups is 3. The quantitative estimate of drug-likeness (QED) is 0.358. The van der Waals surface area contributed by atoms with Gasteiger partial charge in [0.2, 0.25) is 5.16 Å². The number of carboxylic acid groups (broad SMARTS) is 1. The molecule has 3 atom stereocenters. The highest BCUT2D eigenvalue weighted by molar-refractivity contribution is 7.99. The molecule has 0 spiro atoms. The molecule has 31 heavy (non-hydrogen) atoms. The van der Waals surface area contributed by atoms with Crippen LogP contribution in [-0.4, -0.2) is 77.7 Å². The van der Waals surface area contributed by atoms with Crippen molar-refractivity contribution in [3.63, 3.8) is 0 Å². The standard InChI is InChI=1S/C18H18N6O6S/c1-23-18(20-21-22-23)31-8-10-7-30-16-11(15(27)24(16)12(10)17(28)29)19-14(26)13(25)9-5-3-2-4-6-9/h2-6,11,13,16,25H,7-8H2,1H3,(H,19,26)(H,28,29)/t11-,13-,16-/m1/s1. The Labute approximate surface area is 179 Å². The lowest BCUT2D eigenvalue weighted by molar-refractivity contribution is -0.185. The molecule has 1 aromatic heterocycles. The van der Waals surface area contributed by atoms with E-state index in [1.54, 1.807) is 37.4 Å². The number of carboxylic acids is 1. The third kappa shape index (κ3) is 3.89. The first-order valence-corrected chi connectivity index (χ1v) is 10.2. The zero-order valence-corrected chi connectivity index (χ0v) is 17.0. The summed E-state index contributed by atoms with van der Waals surface area (Å²) in [5.41, 5.74) is 0.578. The predicted molar refractivity (Wildman–Crippen MR) is 104 cm³/mol. The van der Waals surface area contributed by atoms with Crippen molar-refractivity contribution in [2.75, 3.05) is 12.4 Å². The number of carbonyl (C=O) groups excluding carboxylic acids is 2. The molecule has 2 aliphatic heterocycles. The summed E-state index contributed by atoms with van der Waals surface area (Å²) in [4.78, 5) is 37.9. The summed E-state index contributed by atoms with van der Waals surface area (Å²) in [6.07, 6.45) is -2.43. The summed E-state index contributed by atoms with van der Waals surface area (Å²) in [6.45, 7) is -0.0397. The van der Waals surface area contributed by atoms with Crippen LogP contribution in [0.3, 0.4) is 0 Å². The molecule has 162 valence electrons. The van der Waals surface area contributed by atoms with Gasteiger partial charge in [-0.25, -0.2) is 9.48 Å². The van der Waals surface area contributed by atoms with E-state index in [4.69, 9.17) is 4.74 Å².